The van der Waals surface area contributed by atoms with Gasteiger partial charge in [0.05, 0.1) is 10.9 Å². The van der Waals surface area contributed by atoms with Gasteiger partial charge in [0, 0.05) is 6.04 Å². The van der Waals surface area contributed by atoms with Gasteiger partial charge in [0.25, 0.3) is 0 Å². The summed E-state index contributed by atoms with van der Waals surface area (Å²) in [6.45, 7) is 5.81. The van der Waals surface area contributed by atoms with Crippen molar-refractivity contribution in [3.8, 4) is 0 Å². The molecule has 5 heteroatoms. The second-order valence-electron chi connectivity index (χ2n) is 4.82. The fraction of sp³-hybridized carbons (Fsp3) is 0.500. The molecule has 0 saturated carbocycles. The topological polar surface area (TPSA) is 17.8 Å². The lowest BCUT2D eigenvalue weighted by Gasteiger charge is -2.18. The van der Waals surface area contributed by atoms with Gasteiger partial charge in [0.2, 0.25) is 0 Å². The summed E-state index contributed by atoms with van der Waals surface area (Å²) in [5.41, 5.74) is 0.660. The third kappa shape index (κ3) is 2.46. The van der Waals surface area contributed by atoms with Gasteiger partial charge in [0.15, 0.2) is 11.6 Å². The van der Waals surface area contributed by atoms with Gasteiger partial charge in [-0.3, -0.25) is 0 Å². The Morgan fingerprint density at radius 1 is 1.32 bits per heavy atom. The van der Waals surface area contributed by atoms with Crippen molar-refractivity contribution in [2.75, 3.05) is 0 Å². The highest BCUT2D eigenvalue weighted by molar-refractivity contribution is 6.20. The number of rotatable bonds is 4. The monoisotopic (exact) mass is 286 g/mol. The van der Waals surface area contributed by atoms with Gasteiger partial charge in [-0.1, -0.05) is 13.3 Å². The average molecular weight is 287 g/mol. The number of halogens is 3. The summed E-state index contributed by atoms with van der Waals surface area (Å²) < 4.78 is 29.2. The number of aromatic nitrogens is 2. The molecule has 104 valence electrons. The fourth-order valence-corrected chi connectivity index (χ4v) is 2.57. The lowest BCUT2D eigenvalue weighted by molar-refractivity contribution is 0.474. The number of nitrogens with zero attached hydrogens (tertiary/aromatic N) is 2. The molecule has 2 unspecified atom stereocenters. The zero-order valence-corrected chi connectivity index (χ0v) is 12.0. The molecule has 1 heterocycles. The number of hydrogen-bond donors (Lipinski definition) is 0. The van der Waals surface area contributed by atoms with E-state index in [0.29, 0.717) is 11.3 Å². The van der Waals surface area contributed by atoms with Crippen LogP contribution >= 0.6 is 11.6 Å². The largest absolute Gasteiger partial charge is 0.321 e. The van der Waals surface area contributed by atoms with Crippen LogP contribution in [-0.2, 0) is 0 Å². The molecule has 2 atom stereocenters. The highest BCUT2D eigenvalue weighted by Crippen LogP contribution is 2.31. The zero-order chi connectivity index (χ0) is 14.2. The average Bonchev–Trinajstić information content (AvgIpc) is 2.74. The smallest absolute Gasteiger partial charge is 0.184 e. The molecule has 0 aliphatic carbocycles. The lowest BCUT2D eigenvalue weighted by atomic mass is 10.1. The van der Waals surface area contributed by atoms with Crippen LogP contribution in [-0.4, -0.2) is 9.55 Å². The van der Waals surface area contributed by atoms with E-state index in [9.17, 15) is 8.78 Å². The first kappa shape index (κ1) is 14.3. The van der Waals surface area contributed by atoms with Crippen molar-refractivity contribution in [2.45, 2.75) is 45.0 Å². The minimum Gasteiger partial charge on any atom is -0.321 e. The summed E-state index contributed by atoms with van der Waals surface area (Å²) in [5.74, 6) is -1.12. The van der Waals surface area contributed by atoms with E-state index >= 15 is 0 Å². The van der Waals surface area contributed by atoms with Crippen LogP contribution in [0.3, 0.4) is 0 Å². The number of fused-ring (bicyclic) bond motifs is 1. The molecule has 0 aliphatic rings. The maximum absolute atomic E-state index is 14.1. The molecule has 0 saturated heterocycles. The fourth-order valence-electron chi connectivity index (χ4n) is 2.41. The second-order valence-corrected chi connectivity index (χ2v) is 5.48. The van der Waals surface area contributed by atoms with Crippen LogP contribution in [0.1, 0.15) is 50.9 Å². The molecule has 0 aliphatic heterocycles. The Morgan fingerprint density at radius 2 is 2.00 bits per heavy atom. The Kier molecular flexibility index (Phi) is 4.09. The normalized spacial score (nSPS) is 14.8. The summed E-state index contributed by atoms with van der Waals surface area (Å²) in [4.78, 5) is 4.34. The van der Waals surface area contributed by atoms with Crippen LogP contribution in [0, 0.1) is 11.6 Å². The third-order valence-corrected chi connectivity index (χ3v) is 3.47. The maximum Gasteiger partial charge on any atom is 0.184 e. The standard InChI is InChI=1S/C14H17ClF2N2/c1-4-5-8(2)19-13-11(18-14(19)9(3)15)7-6-10(16)12(13)17/h6-9H,4-5H2,1-3H3. The second kappa shape index (κ2) is 5.45. The summed E-state index contributed by atoms with van der Waals surface area (Å²) in [6, 6.07) is 2.62. The van der Waals surface area contributed by atoms with Crippen LogP contribution in [0.4, 0.5) is 8.78 Å². The minimum absolute atomic E-state index is 0.0301. The molecule has 0 spiro atoms. The summed E-state index contributed by atoms with van der Waals surface area (Å²) in [5, 5.41) is -0.353. The highest BCUT2D eigenvalue weighted by Gasteiger charge is 2.22. The number of benzene rings is 1. The number of hydrogen-bond acceptors (Lipinski definition) is 1. The molecule has 0 N–H and O–H groups in total. The number of alkyl halides is 1. The van der Waals surface area contributed by atoms with Crippen molar-refractivity contribution in [1.29, 1.82) is 0 Å². The first-order valence-corrected chi connectivity index (χ1v) is 6.90. The van der Waals surface area contributed by atoms with Crippen LogP contribution in [0.5, 0.6) is 0 Å². The Bertz CT molecular complexity index is 593. The van der Waals surface area contributed by atoms with Crippen molar-refractivity contribution < 1.29 is 8.78 Å². The molecule has 0 bridgehead atoms. The Labute approximate surface area is 116 Å². The van der Waals surface area contributed by atoms with Crippen molar-refractivity contribution in [3.63, 3.8) is 0 Å². The van der Waals surface area contributed by atoms with E-state index in [0.717, 1.165) is 18.9 Å². The van der Waals surface area contributed by atoms with E-state index in [4.69, 9.17) is 11.6 Å². The van der Waals surface area contributed by atoms with Gasteiger partial charge in [0.1, 0.15) is 11.3 Å². The van der Waals surface area contributed by atoms with Crippen molar-refractivity contribution >= 4 is 22.6 Å². The van der Waals surface area contributed by atoms with E-state index in [1.165, 1.54) is 6.07 Å². The Morgan fingerprint density at radius 3 is 2.58 bits per heavy atom. The molecule has 0 amide bonds. The Balaban J connectivity index is 2.74. The van der Waals surface area contributed by atoms with Gasteiger partial charge >= 0.3 is 0 Å². The molecular formula is C14H17ClF2N2. The maximum atomic E-state index is 14.1. The highest BCUT2D eigenvalue weighted by atomic mass is 35.5. The molecule has 2 nitrogen and oxygen atoms in total. The first-order chi connectivity index (χ1) is 8.97. The lowest BCUT2D eigenvalue weighted by Crippen LogP contribution is -2.10. The molecule has 0 fully saturated rings. The van der Waals surface area contributed by atoms with E-state index in [2.05, 4.69) is 11.9 Å². The van der Waals surface area contributed by atoms with Crippen LogP contribution in [0.15, 0.2) is 12.1 Å². The van der Waals surface area contributed by atoms with Crippen molar-refractivity contribution in [2.24, 2.45) is 0 Å². The predicted octanol–water partition coefficient (Wildman–Crippen LogP) is 4.98. The molecular weight excluding hydrogens is 270 g/mol. The third-order valence-electron chi connectivity index (χ3n) is 3.27. The first-order valence-electron chi connectivity index (χ1n) is 6.47. The minimum atomic E-state index is -0.855. The molecule has 2 aromatic rings. The SMILES string of the molecule is CCCC(C)n1c(C(C)Cl)nc2ccc(F)c(F)c21. The van der Waals surface area contributed by atoms with Crippen molar-refractivity contribution in [3.05, 3.63) is 29.6 Å². The van der Waals surface area contributed by atoms with Gasteiger partial charge in [-0.05, 0) is 32.4 Å². The zero-order valence-electron chi connectivity index (χ0n) is 11.3. The molecule has 0 radical (unpaired) electrons. The van der Waals surface area contributed by atoms with Gasteiger partial charge in [-0.15, -0.1) is 11.6 Å². The van der Waals surface area contributed by atoms with E-state index in [-0.39, 0.29) is 16.9 Å². The Hall–Kier alpha value is -1.16. The molecule has 2 rings (SSSR count). The van der Waals surface area contributed by atoms with E-state index < -0.39 is 11.6 Å². The molecule has 1 aromatic carbocycles. The van der Waals surface area contributed by atoms with Gasteiger partial charge in [-0.2, -0.15) is 0 Å². The summed E-state index contributed by atoms with van der Waals surface area (Å²) in [7, 11) is 0. The van der Waals surface area contributed by atoms with Crippen LogP contribution in [0.25, 0.3) is 11.0 Å². The van der Waals surface area contributed by atoms with Crippen molar-refractivity contribution in [1.82, 2.24) is 9.55 Å². The van der Waals surface area contributed by atoms with Gasteiger partial charge < -0.3 is 4.57 Å². The predicted molar refractivity (Wildman–Crippen MR) is 73.5 cm³/mol. The summed E-state index contributed by atoms with van der Waals surface area (Å²) >= 11 is 6.12. The van der Waals surface area contributed by atoms with Gasteiger partial charge in [-0.25, -0.2) is 13.8 Å². The molecule has 1 aromatic heterocycles. The quantitative estimate of drug-likeness (QED) is 0.725. The van der Waals surface area contributed by atoms with E-state index in [1.54, 1.807) is 11.5 Å². The number of imidazole rings is 1. The van der Waals surface area contributed by atoms with Crippen LogP contribution in [0.2, 0.25) is 0 Å². The van der Waals surface area contributed by atoms with E-state index in [1.807, 2.05) is 6.92 Å². The summed E-state index contributed by atoms with van der Waals surface area (Å²) in [6.07, 6.45) is 1.81. The van der Waals surface area contributed by atoms with Crippen LogP contribution < -0.4 is 0 Å². The molecule has 19 heavy (non-hydrogen) atoms.